The molecule has 0 atom stereocenters. The van der Waals surface area contributed by atoms with E-state index in [1.807, 2.05) is 0 Å². The minimum Gasteiger partial charge on any atom is -0.460 e. The fraction of sp³-hybridized carbons (Fsp3) is 0.385. The highest BCUT2D eigenvalue weighted by Crippen LogP contribution is 2.45. The van der Waals surface area contributed by atoms with E-state index < -0.39 is 23.5 Å². The maximum Gasteiger partial charge on any atom is 0.421 e. The van der Waals surface area contributed by atoms with Gasteiger partial charge in [0.05, 0.1) is 17.9 Å². The van der Waals surface area contributed by atoms with Crippen LogP contribution in [0.5, 0.6) is 0 Å². The van der Waals surface area contributed by atoms with Crippen LogP contribution in [0.3, 0.4) is 0 Å². The number of halogens is 3. The van der Waals surface area contributed by atoms with E-state index >= 15 is 0 Å². The summed E-state index contributed by atoms with van der Waals surface area (Å²) in [5, 5.41) is 6.40. The van der Waals surface area contributed by atoms with E-state index in [1.165, 1.54) is 6.92 Å². The van der Waals surface area contributed by atoms with Crippen molar-refractivity contribution < 1.29 is 27.1 Å². The fourth-order valence-corrected chi connectivity index (χ4v) is 2.49. The topological polar surface area (TPSA) is 68.1 Å². The first kappa shape index (κ1) is 13.7. The van der Waals surface area contributed by atoms with Gasteiger partial charge in [0.15, 0.2) is 0 Å². The second-order valence-electron chi connectivity index (χ2n) is 4.58. The molecule has 0 aromatic carbocycles. The SMILES string of the molecule is CCOC(=O)c1oc2c(c1C(F)(F)F)-c1n[nH]cc1CC2. The maximum absolute atomic E-state index is 13.4. The molecule has 1 aliphatic rings. The lowest BCUT2D eigenvalue weighted by Crippen LogP contribution is -2.14. The van der Waals surface area contributed by atoms with Crippen molar-refractivity contribution in [2.75, 3.05) is 6.61 Å². The minimum atomic E-state index is -4.73. The number of H-pyrrole nitrogens is 1. The summed E-state index contributed by atoms with van der Waals surface area (Å²) in [6.07, 6.45) is -2.39. The smallest absolute Gasteiger partial charge is 0.421 e. The predicted molar refractivity (Wildman–Crippen MR) is 64.7 cm³/mol. The number of nitrogens with one attached hydrogen (secondary N) is 1. The normalized spacial score (nSPS) is 13.7. The van der Waals surface area contributed by atoms with Crippen molar-refractivity contribution in [3.63, 3.8) is 0 Å². The van der Waals surface area contributed by atoms with Gasteiger partial charge >= 0.3 is 12.1 Å². The molecule has 0 saturated carbocycles. The largest absolute Gasteiger partial charge is 0.460 e. The van der Waals surface area contributed by atoms with Gasteiger partial charge in [-0.05, 0) is 18.9 Å². The number of hydrogen-bond donors (Lipinski definition) is 1. The molecule has 0 fully saturated rings. The van der Waals surface area contributed by atoms with E-state index in [-0.39, 0.29) is 30.0 Å². The van der Waals surface area contributed by atoms with Crippen molar-refractivity contribution in [3.8, 4) is 11.3 Å². The van der Waals surface area contributed by atoms with Gasteiger partial charge < -0.3 is 9.15 Å². The van der Waals surface area contributed by atoms with E-state index in [9.17, 15) is 18.0 Å². The van der Waals surface area contributed by atoms with Crippen LogP contribution in [0.1, 0.15) is 34.4 Å². The molecule has 0 aliphatic heterocycles. The first-order valence-electron chi connectivity index (χ1n) is 6.36. The molecule has 112 valence electrons. The molecular weight excluding hydrogens is 289 g/mol. The van der Waals surface area contributed by atoms with E-state index in [0.29, 0.717) is 12.0 Å². The van der Waals surface area contributed by atoms with Crippen molar-refractivity contribution >= 4 is 5.97 Å². The highest BCUT2D eigenvalue weighted by molar-refractivity contribution is 5.92. The number of ether oxygens (including phenoxy) is 1. The molecule has 0 radical (unpaired) electrons. The van der Waals surface area contributed by atoms with E-state index in [0.717, 1.165) is 0 Å². The molecule has 21 heavy (non-hydrogen) atoms. The zero-order valence-electron chi connectivity index (χ0n) is 11.0. The van der Waals surface area contributed by atoms with Gasteiger partial charge in [-0.1, -0.05) is 0 Å². The number of esters is 1. The molecule has 0 unspecified atom stereocenters. The molecule has 1 N–H and O–H groups in total. The van der Waals surface area contributed by atoms with Crippen molar-refractivity contribution in [3.05, 3.63) is 28.8 Å². The molecule has 2 aromatic rings. The van der Waals surface area contributed by atoms with Crippen molar-refractivity contribution in [1.29, 1.82) is 0 Å². The lowest BCUT2D eigenvalue weighted by atomic mass is 9.93. The van der Waals surface area contributed by atoms with Crippen LogP contribution in [0.25, 0.3) is 11.3 Å². The number of carbonyl (C=O) groups is 1. The highest BCUT2D eigenvalue weighted by Gasteiger charge is 2.45. The number of carbonyl (C=O) groups excluding carboxylic acids is 1. The Balaban J connectivity index is 2.24. The molecule has 0 spiro atoms. The first-order chi connectivity index (χ1) is 9.93. The van der Waals surface area contributed by atoms with Crippen LogP contribution < -0.4 is 0 Å². The van der Waals surface area contributed by atoms with Crippen LogP contribution in [0.15, 0.2) is 10.6 Å². The van der Waals surface area contributed by atoms with Gasteiger partial charge in [-0.2, -0.15) is 18.3 Å². The summed E-state index contributed by atoms with van der Waals surface area (Å²) < 4.78 is 49.9. The van der Waals surface area contributed by atoms with Gasteiger partial charge in [-0.25, -0.2) is 4.79 Å². The molecule has 0 bridgehead atoms. The van der Waals surface area contributed by atoms with Crippen LogP contribution in [-0.2, 0) is 23.8 Å². The molecular formula is C13H11F3N2O3. The Morgan fingerprint density at radius 2 is 2.24 bits per heavy atom. The van der Waals surface area contributed by atoms with Gasteiger partial charge in [0.1, 0.15) is 11.3 Å². The fourth-order valence-electron chi connectivity index (χ4n) is 2.49. The first-order valence-corrected chi connectivity index (χ1v) is 6.36. The van der Waals surface area contributed by atoms with Gasteiger partial charge in [0.25, 0.3) is 0 Å². The number of aryl methyl sites for hydroxylation is 2. The van der Waals surface area contributed by atoms with E-state index in [4.69, 9.17) is 4.42 Å². The highest BCUT2D eigenvalue weighted by atomic mass is 19.4. The number of rotatable bonds is 2. The third-order valence-electron chi connectivity index (χ3n) is 3.30. The lowest BCUT2D eigenvalue weighted by Gasteiger charge is -2.12. The molecule has 5 nitrogen and oxygen atoms in total. The summed E-state index contributed by atoms with van der Waals surface area (Å²) in [6.45, 7) is 1.48. The number of furan rings is 1. The molecule has 2 aromatic heterocycles. The molecule has 2 heterocycles. The molecule has 1 aliphatic carbocycles. The quantitative estimate of drug-likeness (QED) is 0.866. The van der Waals surface area contributed by atoms with E-state index in [2.05, 4.69) is 14.9 Å². The number of aromatic nitrogens is 2. The summed E-state index contributed by atoms with van der Waals surface area (Å²) in [5.74, 6) is -1.80. The standard InChI is InChI=1S/C13H11F3N2O3/c1-2-20-12(19)11-9(13(14,15)16)8-7(21-11)4-3-6-5-17-18-10(6)8/h5H,2-4H2,1H3,(H,17,18). The Bertz CT molecular complexity index is 700. The van der Waals surface area contributed by atoms with Crippen LogP contribution in [0.4, 0.5) is 13.2 Å². The average Bonchev–Trinajstić information content (AvgIpc) is 3.01. The van der Waals surface area contributed by atoms with Crippen LogP contribution in [0, 0.1) is 0 Å². The Morgan fingerprint density at radius 3 is 2.90 bits per heavy atom. The van der Waals surface area contributed by atoms with Crippen LogP contribution in [0.2, 0.25) is 0 Å². The second-order valence-corrected chi connectivity index (χ2v) is 4.58. The number of hydrogen-bond acceptors (Lipinski definition) is 4. The molecule has 3 rings (SSSR count). The summed E-state index contributed by atoms with van der Waals surface area (Å²) in [6, 6.07) is 0. The zero-order chi connectivity index (χ0) is 15.2. The van der Waals surface area contributed by atoms with Gasteiger partial charge in [0, 0.05) is 12.6 Å². The molecule has 0 saturated heterocycles. The summed E-state index contributed by atoms with van der Waals surface area (Å²) in [7, 11) is 0. The van der Waals surface area contributed by atoms with Crippen molar-refractivity contribution in [1.82, 2.24) is 10.2 Å². The Morgan fingerprint density at radius 1 is 1.48 bits per heavy atom. The predicted octanol–water partition coefficient (Wildman–Crippen LogP) is 2.96. The summed E-state index contributed by atoms with van der Waals surface area (Å²) >= 11 is 0. The summed E-state index contributed by atoms with van der Waals surface area (Å²) in [5.41, 5.74) is -0.413. The van der Waals surface area contributed by atoms with Crippen molar-refractivity contribution in [2.45, 2.75) is 25.9 Å². The van der Waals surface area contributed by atoms with E-state index in [1.54, 1.807) is 6.20 Å². The Labute approximate surface area is 117 Å². The second kappa shape index (κ2) is 4.64. The van der Waals surface area contributed by atoms with Gasteiger partial charge in [0.2, 0.25) is 5.76 Å². The number of nitrogens with zero attached hydrogens (tertiary/aromatic N) is 1. The number of aromatic amines is 1. The molecule has 8 heteroatoms. The third kappa shape index (κ3) is 2.10. The third-order valence-corrected chi connectivity index (χ3v) is 3.30. The zero-order valence-corrected chi connectivity index (χ0v) is 11.0. The van der Waals surface area contributed by atoms with Gasteiger partial charge in [-0.3, -0.25) is 5.10 Å². The Hall–Kier alpha value is -2.25. The number of alkyl halides is 3. The summed E-state index contributed by atoms with van der Waals surface area (Å²) in [4.78, 5) is 11.7. The monoisotopic (exact) mass is 300 g/mol. The van der Waals surface area contributed by atoms with Crippen molar-refractivity contribution in [2.24, 2.45) is 0 Å². The average molecular weight is 300 g/mol. The van der Waals surface area contributed by atoms with Gasteiger partial charge in [-0.15, -0.1) is 0 Å². The van der Waals surface area contributed by atoms with Crippen LogP contribution >= 0.6 is 0 Å². The maximum atomic E-state index is 13.4. The number of fused-ring (bicyclic) bond motifs is 3. The van der Waals surface area contributed by atoms with Crippen LogP contribution in [-0.4, -0.2) is 22.8 Å². The molecule has 0 amide bonds. The Kier molecular flexibility index (Phi) is 3.03. The minimum absolute atomic E-state index is 0.0326. The lowest BCUT2D eigenvalue weighted by molar-refractivity contribution is -0.138.